The van der Waals surface area contributed by atoms with Gasteiger partial charge in [0.2, 0.25) is 0 Å². The molecule has 0 bridgehead atoms. The number of esters is 1. The molecule has 3 nitrogen and oxygen atoms in total. The minimum Gasteiger partial charge on any atom is -0.464 e. The molecular weight excluding hydrogens is 344 g/mol. The zero-order valence-corrected chi connectivity index (χ0v) is 13.1. The quantitative estimate of drug-likeness (QED) is 0.555. The van der Waals surface area contributed by atoms with Crippen molar-refractivity contribution >= 4 is 52.4 Å². The minimum absolute atomic E-state index is 0.0362. The number of halogens is 4. The van der Waals surface area contributed by atoms with Gasteiger partial charge in [0.1, 0.15) is 0 Å². The first-order valence-electron chi connectivity index (χ1n) is 5.33. The van der Waals surface area contributed by atoms with Gasteiger partial charge in [0.25, 0.3) is 0 Å². The lowest BCUT2D eigenvalue weighted by Gasteiger charge is -2.09. The predicted octanol–water partition coefficient (Wildman–Crippen LogP) is 5.15. The van der Waals surface area contributed by atoms with Crippen molar-refractivity contribution in [1.29, 1.82) is 0 Å². The number of hydrogen-bond acceptors (Lipinski definition) is 3. The summed E-state index contributed by atoms with van der Waals surface area (Å²) in [5.74, 6) is -0.609. The zero-order chi connectivity index (χ0) is 14.9. The third-order valence-electron chi connectivity index (χ3n) is 2.57. The van der Waals surface area contributed by atoms with Crippen molar-refractivity contribution in [2.75, 3.05) is 7.11 Å². The number of hydrogen-bond donors (Lipinski definition) is 0. The highest BCUT2D eigenvalue weighted by Crippen LogP contribution is 2.38. The third kappa shape index (κ3) is 2.86. The van der Waals surface area contributed by atoms with Gasteiger partial charge in [0, 0.05) is 17.3 Å². The number of methoxy groups -OCH3 is 1. The Labute approximate surface area is 135 Å². The van der Waals surface area contributed by atoms with E-state index in [1.807, 2.05) is 0 Å². The minimum atomic E-state index is -0.609. The second-order valence-corrected chi connectivity index (χ2v) is 5.34. The van der Waals surface area contributed by atoms with E-state index in [4.69, 9.17) is 46.4 Å². The van der Waals surface area contributed by atoms with Crippen LogP contribution in [-0.2, 0) is 4.74 Å². The van der Waals surface area contributed by atoms with Crippen LogP contribution >= 0.6 is 46.4 Å². The SMILES string of the molecule is COC(=O)c1ncc(-c2ccc(Cl)c(Cl)c2Cl)cc1Cl. The fourth-order valence-electron chi connectivity index (χ4n) is 1.58. The summed E-state index contributed by atoms with van der Waals surface area (Å²) in [6, 6.07) is 4.88. The van der Waals surface area contributed by atoms with Crippen LogP contribution in [0.5, 0.6) is 0 Å². The van der Waals surface area contributed by atoms with Gasteiger partial charge >= 0.3 is 5.97 Å². The molecule has 0 aliphatic carbocycles. The molecule has 0 radical (unpaired) electrons. The molecular formula is C13H7Cl4NO2. The van der Waals surface area contributed by atoms with E-state index in [9.17, 15) is 4.79 Å². The monoisotopic (exact) mass is 349 g/mol. The van der Waals surface area contributed by atoms with E-state index in [1.54, 1.807) is 18.2 Å². The van der Waals surface area contributed by atoms with Gasteiger partial charge in [-0.3, -0.25) is 0 Å². The molecule has 20 heavy (non-hydrogen) atoms. The Bertz CT molecular complexity index is 688. The molecule has 0 fully saturated rings. The number of benzene rings is 1. The standard InChI is InChI=1S/C13H7Cl4NO2/c1-20-13(19)12-9(15)4-6(5-18-12)7-2-3-8(14)11(17)10(7)16/h2-5H,1H3. The summed E-state index contributed by atoms with van der Waals surface area (Å²) in [5, 5.41) is 1.06. The van der Waals surface area contributed by atoms with Crippen molar-refractivity contribution in [3.63, 3.8) is 0 Å². The lowest BCUT2D eigenvalue weighted by atomic mass is 10.1. The molecule has 2 rings (SSSR count). The summed E-state index contributed by atoms with van der Waals surface area (Å²) >= 11 is 24.0. The summed E-state index contributed by atoms with van der Waals surface area (Å²) in [4.78, 5) is 15.4. The van der Waals surface area contributed by atoms with Crippen molar-refractivity contribution < 1.29 is 9.53 Å². The van der Waals surface area contributed by atoms with Crippen LogP contribution in [0.2, 0.25) is 20.1 Å². The summed E-state index contributed by atoms with van der Waals surface area (Å²) in [6.45, 7) is 0. The van der Waals surface area contributed by atoms with E-state index in [0.717, 1.165) is 0 Å². The highest BCUT2D eigenvalue weighted by atomic mass is 35.5. The van der Waals surface area contributed by atoms with Gasteiger partial charge in [-0.2, -0.15) is 0 Å². The molecule has 1 heterocycles. The van der Waals surface area contributed by atoms with Crippen molar-refractivity contribution in [1.82, 2.24) is 4.98 Å². The Morgan fingerprint density at radius 1 is 1.10 bits per heavy atom. The second kappa shape index (κ2) is 6.19. The predicted molar refractivity (Wildman–Crippen MR) is 81.1 cm³/mol. The number of rotatable bonds is 2. The molecule has 0 aliphatic heterocycles. The van der Waals surface area contributed by atoms with Crippen LogP contribution in [-0.4, -0.2) is 18.1 Å². The van der Waals surface area contributed by atoms with Crippen molar-refractivity contribution in [2.45, 2.75) is 0 Å². The van der Waals surface area contributed by atoms with E-state index in [0.29, 0.717) is 21.2 Å². The molecule has 2 aromatic rings. The van der Waals surface area contributed by atoms with E-state index in [2.05, 4.69) is 9.72 Å². The number of aromatic nitrogens is 1. The van der Waals surface area contributed by atoms with Gasteiger partial charge in [-0.25, -0.2) is 9.78 Å². The highest BCUT2D eigenvalue weighted by molar-refractivity contribution is 6.49. The van der Waals surface area contributed by atoms with Gasteiger partial charge in [-0.15, -0.1) is 0 Å². The smallest absolute Gasteiger partial charge is 0.358 e. The van der Waals surface area contributed by atoms with Crippen molar-refractivity contribution in [2.24, 2.45) is 0 Å². The molecule has 104 valence electrons. The van der Waals surface area contributed by atoms with Gasteiger partial charge in [0.05, 0.1) is 27.2 Å². The Morgan fingerprint density at radius 2 is 1.80 bits per heavy atom. The van der Waals surface area contributed by atoms with Crippen LogP contribution in [0, 0.1) is 0 Å². The van der Waals surface area contributed by atoms with Crippen LogP contribution in [0.25, 0.3) is 11.1 Å². The summed E-state index contributed by atoms with van der Waals surface area (Å²) in [7, 11) is 1.25. The van der Waals surface area contributed by atoms with Gasteiger partial charge in [-0.05, 0) is 12.1 Å². The van der Waals surface area contributed by atoms with Crippen LogP contribution in [0.3, 0.4) is 0 Å². The first-order chi connectivity index (χ1) is 9.45. The number of carbonyl (C=O) groups excluding carboxylic acids is 1. The number of carbonyl (C=O) groups is 1. The average Bonchev–Trinajstić information content (AvgIpc) is 2.44. The highest BCUT2D eigenvalue weighted by Gasteiger charge is 2.16. The molecule has 0 unspecified atom stereocenters. The first kappa shape index (κ1) is 15.4. The molecule has 0 atom stereocenters. The van der Waals surface area contributed by atoms with E-state index in [-0.39, 0.29) is 15.7 Å². The van der Waals surface area contributed by atoms with Gasteiger partial charge in [0.15, 0.2) is 5.69 Å². The molecule has 0 spiro atoms. The number of ether oxygens (including phenoxy) is 1. The van der Waals surface area contributed by atoms with Gasteiger partial charge in [-0.1, -0.05) is 52.5 Å². The van der Waals surface area contributed by atoms with Crippen molar-refractivity contribution in [3.05, 3.63) is 50.2 Å². The van der Waals surface area contributed by atoms with Crippen LogP contribution in [0.1, 0.15) is 10.5 Å². The summed E-state index contributed by atoms with van der Waals surface area (Å²) < 4.78 is 4.57. The lowest BCUT2D eigenvalue weighted by molar-refractivity contribution is 0.0594. The fraction of sp³-hybridized carbons (Fsp3) is 0.0769. The van der Waals surface area contributed by atoms with Crippen molar-refractivity contribution in [3.8, 4) is 11.1 Å². The number of pyridine rings is 1. The average molecular weight is 351 g/mol. The van der Waals surface area contributed by atoms with Crippen LogP contribution in [0.15, 0.2) is 24.4 Å². The first-order valence-corrected chi connectivity index (χ1v) is 6.84. The van der Waals surface area contributed by atoms with E-state index < -0.39 is 5.97 Å². The molecule has 0 N–H and O–H groups in total. The maximum absolute atomic E-state index is 11.4. The maximum atomic E-state index is 11.4. The molecule has 1 aromatic heterocycles. The van der Waals surface area contributed by atoms with Gasteiger partial charge < -0.3 is 4.74 Å². The Morgan fingerprint density at radius 3 is 2.40 bits per heavy atom. The second-order valence-electron chi connectivity index (χ2n) is 3.77. The van der Waals surface area contributed by atoms with Crippen LogP contribution in [0.4, 0.5) is 0 Å². The molecule has 7 heteroatoms. The molecule has 0 amide bonds. The van der Waals surface area contributed by atoms with Crippen LogP contribution < -0.4 is 0 Å². The lowest BCUT2D eigenvalue weighted by Crippen LogP contribution is -2.05. The number of nitrogens with zero attached hydrogens (tertiary/aromatic N) is 1. The molecule has 0 saturated carbocycles. The molecule has 0 saturated heterocycles. The Kier molecular flexibility index (Phi) is 4.76. The largest absolute Gasteiger partial charge is 0.464 e. The van der Waals surface area contributed by atoms with E-state index in [1.165, 1.54) is 13.3 Å². The normalized spacial score (nSPS) is 10.4. The van der Waals surface area contributed by atoms with E-state index >= 15 is 0 Å². The topological polar surface area (TPSA) is 39.2 Å². The Hall–Kier alpha value is -1.000. The zero-order valence-electron chi connectivity index (χ0n) is 10.1. The molecule has 1 aromatic carbocycles. The third-order valence-corrected chi connectivity index (χ3v) is 4.15. The summed E-state index contributed by atoms with van der Waals surface area (Å²) in [6.07, 6.45) is 1.46. The fourth-order valence-corrected chi connectivity index (χ4v) is 2.47. The maximum Gasteiger partial charge on any atom is 0.358 e. The Balaban J connectivity index is 2.53. The summed E-state index contributed by atoms with van der Waals surface area (Å²) in [5.41, 5.74) is 1.27. The molecule has 0 aliphatic rings.